The number of benzene rings is 1. The van der Waals surface area contributed by atoms with Crippen molar-refractivity contribution in [2.45, 2.75) is 26.2 Å². The monoisotopic (exact) mass is 348 g/mol. The zero-order valence-electron chi connectivity index (χ0n) is 14.3. The van der Waals surface area contributed by atoms with Crippen molar-refractivity contribution < 1.29 is 19.1 Å². The van der Waals surface area contributed by atoms with Crippen LogP contribution in [-0.2, 0) is 16.0 Å². The summed E-state index contributed by atoms with van der Waals surface area (Å²) < 4.78 is 5.36. The van der Waals surface area contributed by atoms with E-state index in [9.17, 15) is 14.4 Å². The molecule has 8 nitrogen and oxygen atoms in total. The number of carbonyl (C=O) groups excluding carboxylic acids is 3. The summed E-state index contributed by atoms with van der Waals surface area (Å²) in [6.07, 6.45) is 2.28. The van der Waals surface area contributed by atoms with Gasteiger partial charge < -0.3 is 15.4 Å². The first-order valence-electron chi connectivity index (χ1n) is 8.34. The first-order chi connectivity index (χ1) is 12.0. The molecular formula is C17H24N4O4. The van der Waals surface area contributed by atoms with Gasteiger partial charge in [0.1, 0.15) is 5.75 Å². The molecule has 2 rings (SSSR count). The molecule has 1 aromatic rings. The molecule has 4 amide bonds. The summed E-state index contributed by atoms with van der Waals surface area (Å²) in [4.78, 5) is 36.4. The van der Waals surface area contributed by atoms with Crippen LogP contribution in [0.25, 0.3) is 0 Å². The van der Waals surface area contributed by atoms with E-state index in [0.717, 1.165) is 6.42 Å². The number of hydrogen-bond acceptors (Lipinski definition) is 4. The lowest BCUT2D eigenvalue weighted by molar-refractivity contribution is -0.132. The molecule has 0 spiro atoms. The summed E-state index contributed by atoms with van der Waals surface area (Å²) >= 11 is 0. The van der Waals surface area contributed by atoms with Gasteiger partial charge in [-0.05, 0) is 37.0 Å². The van der Waals surface area contributed by atoms with Gasteiger partial charge in [0.25, 0.3) is 5.91 Å². The van der Waals surface area contributed by atoms with Gasteiger partial charge in [-0.1, -0.05) is 19.1 Å². The molecule has 0 saturated carbocycles. The number of rotatable bonds is 5. The van der Waals surface area contributed by atoms with Crippen molar-refractivity contribution >= 4 is 17.8 Å². The zero-order valence-corrected chi connectivity index (χ0v) is 14.3. The topological polar surface area (TPSA) is 114 Å². The molecule has 1 aliphatic rings. The molecule has 1 saturated heterocycles. The van der Waals surface area contributed by atoms with Crippen molar-refractivity contribution in [3.8, 4) is 5.75 Å². The van der Waals surface area contributed by atoms with E-state index in [4.69, 9.17) is 10.5 Å². The van der Waals surface area contributed by atoms with E-state index >= 15 is 0 Å². The number of aryl methyl sites for hydroxylation is 1. The van der Waals surface area contributed by atoms with Crippen LogP contribution in [0.5, 0.6) is 5.75 Å². The number of nitrogens with one attached hydrogen (secondary N) is 2. The molecule has 1 aliphatic heterocycles. The van der Waals surface area contributed by atoms with Gasteiger partial charge in [0.2, 0.25) is 5.91 Å². The average Bonchev–Trinajstić information content (AvgIpc) is 2.64. The third-order valence-electron chi connectivity index (χ3n) is 4.13. The maximum absolute atomic E-state index is 12.1. The molecule has 1 aromatic carbocycles. The Morgan fingerprint density at radius 3 is 2.60 bits per heavy atom. The standard InChI is InChI=1S/C17H24N4O4/c1-2-12-5-7-14(8-6-12)25-11-15(22)19-20-16(23)13-4-3-9-21(10-13)17(18)24/h5-8,13H,2-4,9-11H2,1H3,(H2,18,24)(H,19,22)(H,20,23)/t13-/m0/s1. The Bertz CT molecular complexity index is 618. The van der Waals surface area contributed by atoms with Gasteiger partial charge >= 0.3 is 6.03 Å². The molecule has 0 aromatic heterocycles. The van der Waals surface area contributed by atoms with E-state index in [-0.39, 0.29) is 25.0 Å². The van der Waals surface area contributed by atoms with Crippen LogP contribution in [0, 0.1) is 5.92 Å². The second-order valence-electron chi connectivity index (χ2n) is 5.95. The van der Waals surface area contributed by atoms with E-state index in [1.807, 2.05) is 12.1 Å². The normalized spacial score (nSPS) is 16.8. The fraction of sp³-hybridized carbons (Fsp3) is 0.471. The van der Waals surface area contributed by atoms with E-state index in [1.54, 1.807) is 12.1 Å². The van der Waals surface area contributed by atoms with E-state index in [2.05, 4.69) is 17.8 Å². The highest BCUT2D eigenvalue weighted by Gasteiger charge is 2.27. The maximum atomic E-state index is 12.1. The second kappa shape index (κ2) is 8.91. The maximum Gasteiger partial charge on any atom is 0.314 e. The van der Waals surface area contributed by atoms with Gasteiger partial charge in [-0.2, -0.15) is 0 Å². The first-order valence-corrected chi connectivity index (χ1v) is 8.34. The molecule has 1 fully saturated rings. The first kappa shape index (κ1) is 18.6. The summed E-state index contributed by atoms with van der Waals surface area (Å²) in [5.41, 5.74) is 11.1. The lowest BCUT2D eigenvalue weighted by Crippen LogP contribution is -2.51. The Balaban J connectivity index is 1.71. The number of amides is 4. The minimum absolute atomic E-state index is 0.205. The molecule has 0 bridgehead atoms. The van der Waals surface area contributed by atoms with Crippen LogP contribution in [0.2, 0.25) is 0 Å². The summed E-state index contributed by atoms with van der Waals surface area (Å²) in [6, 6.07) is 6.92. The lowest BCUT2D eigenvalue weighted by Gasteiger charge is -2.30. The Labute approximate surface area is 146 Å². The zero-order chi connectivity index (χ0) is 18.2. The van der Waals surface area contributed by atoms with Crippen LogP contribution in [0.15, 0.2) is 24.3 Å². The summed E-state index contributed by atoms with van der Waals surface area (Å²) in [6.45, 7) is 2.66. The highest BCUT2D eigenvalue weighted by molar-refractivity contribution is 5.84. The number of nitrogens with two attached hydrogens (primary N) is 1. The predicted molar refractivity (Wildman–Crippen MR) is 91.5 cm³/mol. The number of likely N-dealkylation sites (tertiary alicyclic amines) is 1. The minimum Gasteiger partial charge on any atom is -0.484 e. The van der Waals surface area contributed by atoms with Crippen molar-refractivity contribution in [3.05, 3.63) is 29.8 Å². The molecule has 8 heteroatoms. The van der Waals surface area contributed by atoms with Gasteiger partial charge in [0, 0.05) is 13.1 Å². The quantitative estimate of drug-likeness (QED) is 0.675. The molecule has 0 aliphatic carbocycles. The summed E-state index contributed by atoms with van der Waals surface area (Å²) in [7, 11) is 0. The SMILES string of the molecule is CCc1ccc(OCC(=O)NNC(=O)[C@H]2CCCN(C(N)=O)C2)cc1. The number of urea groups is 1. The fourth-order valence-electron chi connectivity index (χ4n) is 2.63. The van der Waals surface area contributed by atoms with Crippen LogP contribution >= 0.6 is 0 Å². The Hall–Kier alpha value is -2.77. The summed E-state index contributed by atoms with van der Waals surface area (Å²) in [5, 5.41) is 0. The van der Waals surface area contributed by atoms with E-state index in [1.165, 1.54) is 10.5 Å². The van der Waals surface area contributed by atoms with Gasteiger partial charge in [0.05, 0.1) is 5.92 Å². The van der Waals surface area contributed by atoms with Crippen LogP contribution in [-0.4, -0.2) is 42.4 Å². The van der Waals surface area contributed by atoms with Crippen molar-refractivity contribution in [2.24, 2.45) is 11.7 Å². The van der Waals surface area contributed by atoms with Crippen molar-refractivity contribution in [2.75, 3.05) is 19.7 Å². The van der Waals surface area contributed by atoms with Gasteiger partial charge in [0.15, 0.2) is 6.61 Å². The molecule has 4 N–H and O–H groups in total. The Morgan fingerprint density at radius 2 is 1.96 bits per heavy atom. The second-order valence-corrected chi connectivity index (χ2v) is 5.95. The van der Waals surface area contributed by atoms with Gasteiger partial charge in [-0.25, -0.2) is 4.79 Å². The molecule has 1 atom stereocenters. The van der Waals surface area contributed by atoms with E-state index < -0.39 is 11.9 Å². The largest absolute Gasteiger partial charge is 0.484 e. The van der Waals surface area contributed by atoms with Crippen molar-refractivity contribution in [1.29, 1.82) is 0 Å². The Kier molecular flexibility index (Phi) is 6.62. The number of piperidine rings is 1. The molecule has 1 heterocycles. The number of primary amides is 1. The highest BCUT2D eigenvalue weighted by Crippen LogP contribution is 2.16. The molecule has 0 unspecified atom stereocenters. The van der Waals surface area contributed by atoms with Crippen molar-refractivity contribution in [1.82, 2.24) is 15.8 Å². The summed E-state index contributed by atoms with van der Waals surface area (Å²) in [5.74, 6) is -0.603. The highest BCUT2D eigenvalue weighted by atomic mass is 16.5. The third kappa shape index (κ3) is 5.66. The molecule has 0 radical (unpaired) electrons. The number of carbonyl (C=O) groups is 3. The third-order valence-corrected chi connectivity index (χ3v) is 4.13. The number of nitrogens with zero attached hydrogens (tertiary/aromatic N) is 1. The minimum atomic E-state index is -0.538. The average molecular weight is 348 g/mol. The smallest absolute Gasteiger partial charge is 0.314 e. The fourth-order valence-corrected chi connectivity index (χ4v) is 2.63. The van der Waals surface area contributed by atoms with Crippen LogP contribution in [0.4, 0.5) is 4.79 Å². The predicted octanol–water partition coefficient (Wildman–Crippen LogP) is 0.566. The Morgan fingerprint density at radius 1 is 1.24 bits per heavy atom. The van der Waals surface area contributed by atoms with Gasteiger partial charge in [-0.15, -0.1) is 0 Å². The van der Waals surface area contributed by atoms with E-state index in [0.29, 0.717) is 25.1 Å². The number of hydrogen-bond donors (Lipinski definition) is 3. The molecule has 136 valence electrons. The van der Waals surface area contributed by atoms with Crippen LogP contribution < -0.4 is 21.3 Å². The molecular weight excluding hydrogens is 324 g/mol. The number of ether oxygens (including phenoxy) is 1. The lowest BCUT2D eigenvalue weighted by atomic mass is 9.98. The van der Waals surface area contributed by atoms with Crippen LogP contribution in [0.1, 0.15) is 25.3 Å². The van der Waals surface area contributed by atoms with Crippen molar-refractivity contribution in [3.63, 3.8) is 0 Å². The number of hydrazine groups is 1. The van der Waals surface area contributed by atoms with Gasteiger partial charge in [-0.3, -0.25) is 20.4 Å². The van der Waals surface area contributed by atoms with Crippen LogP contribution in [0.3, 0.4) is 0 Å². The molecule has 25 heavy (non-hydrogen) atoms.